The number of rotatable bonds is 3. The number of hydrogen-bond donors (Lipinski definition) is 1. The van der Waals surface area contributed by atoms with Gasteiger partial charge >= 0.3 is 0 Å². The predicted octanol–water partition coefficient (Wildman–Crippen LogP) is 3.72. The highest BCUT2D eigenvalue weighted by Crippen LogP contribution is 2.19. The van der Waals surface area contributed by atoms with Crippen LogP contribution in [0.5, 0.6) is 0 Å². The van der Waals surface area contributed by atoms with E-state index in [2.05, 4.69) is 28.5 Å². The Morgan fingerprint density at radius 3 is 2.70 bits per heavy atom. The van der Waals surface area contributed by atoms with E-state index in [-0.39, 0.29) is 0 Å². The Kier molecular flexibility index (Phi) is 3.30. The van der Waals surface area contributed by atoms with Crippen molar-refractivity contribution in [3.05, 3.63) is 72.1 Å². The van der Waals surface area contributed by atoms with Crippen LogP contribution in [0, 0.1) is 11.3 Å². The van der Waals surface area contributed by atoms with Gasteiger partial charge in [0, 0.05) is 30.0 Å². The van der Waals surface area contributed by atoms with Crippen molar-refractivity contribution in [2.24, 2.45) is 0 Å². The monoisotopic (exact) mass is 259 g/mol. The lowest BCUT2D eigenvalue weighted by Gasteiger charge is -2.09. The Labute approximate surface area is 117 Å². The fourth-order valence-corrected chi connectivity index (χ4v) is 2.20. The van der Waals surface area contributed by atoms with Gasteiger partial charge in [-0.3, -0.25) is 4.98 Å². The van der Waals surface area contributed by atoms with Crippen molar-refractivity contribution in [1.29, 1.82) is 5.26 Å². The number of pyridine rings is 1. The van der Waals surface area contributed by atoms with Crippen molar-refractivity contribution in [2.75, 3.05) is 5.32 Å². The average Bonchev–Trinajstić information content (AvgIpc) is 2.53. The van der Waals surface area contributed by atoms with Crippen LogP contribution in [-0.4, -0.2) is 4.98 Å². The molecule has 0 unspecified atom stereocenters. The fraction of sp³-hybridized carbons (Fsp3) is 0.0588. The third-order valence-corrected chi connectivity index (χ3v) is 3.27. The van der Waals surface area contributed by atoms with Gasteiger partial charge in [-0.1, -0.05) is 18.2 Å². The van der Waals surface area contributed by atoms with Gasteiger partial charge in [-0.05, 0) is 41.3 Å². The van der Waals surface area contributed by atoms with Crippen molar-refractivity contribution >= 4 is 16.5 Å². The lowest BCUT2D eigenvalue weighted by atomic mass is 10.1. The van der Waals surface area contributed by atoms with Gasteiger partial charge in [0.2, 0.25) is 0 Å². The van der Waals surface area contributed by atoms with Gasteiger partial charge in [0.1, 0.15) is 0 Å². The lowest BCUT2D eigenvalue weighted by molar-refractivity contribution is 1.16. The van der Waals surface area contributed by atoms with E-state index in [1.165, 1.54) is 10.9 Å². The van der Waals surface area contributed by atoms with Crippen LogP contribution >= 0.6 is 0 Å². The Hall–Kier alpha value is -2.86. The zero-order valence-corrected chi connectivity index (χ0v) is 10.9. The standard InChI is InChI=1S/C17H13N3/c18-10-13-4-6-16(7-5-13)20-12-15-3-1-2-14-11-19-9-8-17(14)15/h1-9,11,20H,12H2. The average molecular weight is 259 g/mol. The molecule has 0 bridgehead atoms. The number of aromatic nitrogens is 1. The molecule has 0 fully saturated rings. The normalized spacial score (nSPS) is 10.2. The van der Waals surface area contributed by atoms with E-state index < -0.39 is 0 Å². The van der Waals surface area contributed by atoms with Crippen LogP contribution in [0.1, 0.15) is 11.1 Å². The van der Waals surface area contributed by atoms with Crippen LogP contribution in [0.15, 0.2) is 60.9 Å². The van der Waals surface area contributed by atoms with E-state index in [9.17, 15) is 0 Å². The third-order valence-electron chi connectivity index (χ3n) is 3.27. The van der Waals surface area contributed by atoms with Crippen molar-refractivity contribution in [2.45, 2.75) is 6.54 Å². The molecule has 0 atom stereocenters. The molecule has 96 valence electrons. The second-order valence-electron chi connectivity index (χ2n) is 4.56. The van der Waals surface area contributed by atoms with Gasteiger partial charge in [0.15, 0.2) is 0 Å². The Balaban J connectivity index is 1.81. The van der Waals surface area contributed by atoms with E-state index >= 15 is 0 Å². The molecule has 0 saturated heterocycles. The molecular weight excluding hydrogens is 246 g/mol. The molecular formula is C17H13N3. The van der Waals surface area contributed by atoms with Crippen LogP contribution in [-0.2, 0) is 6.54 Å². The maximum atomic E-state index is 8.78. The maximum absolute atomic E-state index is 8.78. The highest BCUT2D eigenvalue weighted by atomic mass is 14.9. The van der Waals surface area contributed by atoms with Crippen LogP contribution < -0.4 is 5.32 Å². The van der Waals surface area contributed by atoms with Gasteiger partial charge in [0.25, 0.3) is 0 Å². The summed E-state index contributed by atoms with van der Waals surface area (Å²) in [6.45, 7) is 0.743. The highest BCUT2D eigenvalue weighted by molar-refractivity contribution is 5.84. The lowest BCUT2D eigenvalue weighted by Crippen LogP contribution is -2.00. The minimum Gasteiger partial charge on any atom is -0.381 e. The Morgan fingerprint density at radius 2 is 1.90 bits per heavy atom. The molecule has 0 radical (unpaired) electrons. The van der Waals surface area contributed by atoms with Gasteiger partial charge in [-0.2, -0.15) is 5.26 Å². The SMILES string of the molecule is N#Cc1ccc(NCc2cccc3cnccc23)cc1. The van der Waals surface area contributed by atoms with Gasteiger partial charge in [-0.15, -0.1) is 0 Å². The number of benzene rings is 2. The zero-order chi connectivity index (χ0) is 13.8. The van der Waals surface area contributed by atoms with Gasteiger partial charge in [-0.25, -0.2) is 0 Å². The largest absolute Gasteiger partial charge is 0.381 e. The number of nitrogens with one attached hydrogen (secondary N) is 1. The Bertz CT molecular complexity index is 765. The van der Waals surface area contributed by atoms with E-state index in [4.69, 9.17) is 5.26 Å². The quantitative estimate of drug-likeness (QED) is 0.779. The minimum absolute atomic E-state index is 0.673. The Morgan fingerprint density at radius 1 is 1.05 bits per heavy atom. The van der Waals surface area contributed by atoms with Crippen LogP contribution in [0.2, 0.25) is 0 Å². The van der Waals surface area contributed by atoms with Crippen molar-refractivity contribution in [3.63, 3.8) is 0 Å². The summed E-state index contributed by atoms with van der Waals surface area (Å²) in [5.41, 5.74) is 2.91. The molecule has 0 aliphatic heterocycles. The van der Waals surface area contributed by atoms with E-state index in [0.29, 0.717) is 5.56 Å². The molecule has 3 aromatic rings. The summed E-state index contributed by atoms with van der Waals surface area (Å²) < 4.78 is 0. The first-order valence-electron chi connectivity index (χ1n) is 6.42. The first-order chi connectivity index (χ1) is 9.86. The molecule has 3 rings (SSSR count). The smallest absolute Gasteiger partial charge is 0.0991 e. The van der Waals surface area contributed by atoms with E-state index in [1.807, 2.05) is 48.8 Å². The molecule has 1 N–H and O–H groups in total. The second-order valence-corrected chi connectivity index (χ2v) is 4.56. The molecule has 3 nitrogen and oxygen atoms in total. The topological polar surface area (TPSA) is 48.7 Å². The molecule has 0 spiro atoms. The molecule has 3 heteroatoms. The van der Waals surface area contributed by atoms with Crippen molar-refractivity contribution in [3.8, 4) is 6.07 Å². The van der Waals surface area contributed by atoms with E-state index in [1.54, 1.807) is 0 Å². The number of nitrogens with zero attached hydrogens (tertiary/aromatic N) is 2. The van der Waals surface area contributed by atoms with E-state index in [0.717, 1.165) is 17.6 Å². The van der Waals surface area contributed by atoms with Gasteiger partial charge < -0.3 is 5.32 Å². The molecule has 2 aromatic carbocycles. The molecule has 0 aliphatic carbocycles. The second kappa shape index (κ2) is 5.41. The number of hydrogen-bond acceptors (Lipinski definition) is 3. The highest BCUT2D eigenvalue weighted by Gasteiger charge is 2.00. The summed E-state index contributed by atoms with van der Waals surface area (Å²) in [5.74, 6) is 0. The predicted molar refractivity (Wildman–Crippen MR) is 80.2 cm³/mol. The summed E-state index contributed by atoms with van der Waals surface area (Å²) >= 11 is 0. The summed E-state index contributed by atoms with van der Waals surface area (Å²) in [4.78, 5) is 4.14. The third kappa shape index (κ3) is 2.45. The van der Waals surface area contributed by atoms with Crippen molar-refractivity contribution < 1.29 is 0 Å². The van der Waals surface area contributed by atoms with Gasteiger partial charge in [0.05, 0.1) is 11.6 Å². The maximum Gasteiger partial charge on any atom is 0.0991 e. The summed E-state index contributed by atoms with van der Waals surface area (Å²) in [6, 6.07) is 17.8. The summed E-state index contributed by atoms with van der Waals surface area (Å²) in [5, 5.41) is 14.5. The minimum atomic E-state index is 0.673. The van der Waals surface area contributed by atoms with Crippen molar-refractivity contribution in [1.82, 2.24) is 4.98 Å². The number of fused-ring (bicyclic) bond motifs is 1. The molecule has 20 heavy (non-hydrogen) atoms. The summed E-state index contributed by atoms with van der Waals surface area (Å²) in [7, 11) is 0. The molecule has 0 aliphatic rings. The fourth-order valence-electron chi connectivity index (χ4n) is 2.20. The molecule has 1 aromatic heterocycles. The number of nitriles is 1. The molecule has 0 saturated carbocycles. The number of anilines is 1. The van der Waals surface area contributed by atoms with Crippen LogP contribution in [0.25, 0.3) is 10.8 Å². The van der Waals surface area contributed by atoms with Crippen LogP contribution in [0.4, 0.5) is 5.69 Å². The first-order valence-corrected chi connectivity index (χ1v) is 6.42. The first kappa shape index (κ1) is 12.2. The molecule has 0 amide bonds. The summed E-state index contributed by atoms with van der Waals surface area (Å²) in [6.07, 6.45) is 3.69. The zero-order valence-electron chi connectivity index (χ0n) is 10.9. The van der Waals surface area contributed by atoms with Crippen LogP contribution in [0.3, 0.4) is 0 Å². The molecule has 1 heterocycles.